The normalized spacial score (nSPS) is 12.4. The van der Waals surface area contributed by atoms with E-state index in [1.54, 1.807) is 18.3 Å². The third-order valence-electron chi connectivity index (χ3n) is 7.35. The Hall–Kier alpha value is -4.53. The van der Waals surface area contributed by atoms with Crippen LogP contribution in [0, 0.1) is 27.7 Å². The van der Waals surface area contributed by atoms with Crippen LogP contribution in [0.15, 0.2) is 44.1 Å². The predicted octanol–water partition coefficient (Wildman–Crippen LogP) is 4.70. The van der Waals surface area contributed by atoms with Crippen molar-refractivity contribution in [3.8, 4) is 5.75 Å². The highest BCUT2D eigenvalue weighted by molar-refractivity contribution is 6.00. The molecule has 0 saturated heterocycles. The second kappa shape index (κ2) is 9.41. The van der Waals surface area contributed by atoms with Crippen molar-refractivity contribution < 1.29 is 28.6 Å². The van der Waals surface area contributed by atoms with Gasteiger partial charge in [-0.15, -0.1) is 0 Å². The molecule has 4 N–H and O–H groups in total. The first-order chi connectivity index (χ1) is 18.0. The lowest BCUT2D eigenvalue weighted by Crippen LogP contribution is -2.42. The number of carboxylic acids is 1. The third kappa shape index (κ3) is 4.30. The number of carbonyl (C=O) groups excluding carboxylic acids is 1. The molecular formula is C29H28N2O7. The first-order valence-electron chi connectivity index (χ1n) is 12.3. The molecule has 1 unspecified atom stereocenters. The molecule has 3 aromatic heterocycles. The Bertz CT molecular complexity index is 1810. The summed E-state index contributed by atoms with van der Waals surface area (Å²) in [6.07, 6.45) is 1.71. The van der Waals surface area contributed by atoms with Crippen molar-refractivity contribution in [3.63, 3.8) is 0 Å². The van der Waals surface area contributed by atoms with Crippen molar-refractivity contribution in [1.29, 1.82) is 0 Å². The fourth-order valence-electron chi connectivity index (χ4n) is 5.04. The number of carboxylic acid groups (broad SMARTS) is 1. The maximum atomic E-state index is 12.9. The molecule has 0 saturated carbocycles. The number of aromatic nitrogens is 1. The lowest BCUT2D eigenvalue weighted by atomic mass is 9.98. The number of aliphatic carboxylic acids is 1. The van der Waals surface area contributed by atoms with Gasteiger partial charge in [-0.25, -0.2) is 9.59 Å². The number of hydrogen-bond donors (Lipinski definition) is 4. The molecule has 0 aliphatic heterocycles. The monoisotopic (exact) mass is 516 g/mol. The molecule has 9 nitrogen and oxygen atoms in total. The number of hydrogen-bond acceptors (Lipinski definition) is 6. The van der Waals surface area contributed by atoms with Gasteiger partial charge in [-0.3, -0.25) is 4.79 Å². The number of aromatic hydroxyl groups is 1. The SMILES string of the molecule is Cc1oc2c(C)c3oc(=O)c(CCC(=O)NC(Cc4c[nH]c5ccc(O)cc45)C(=O)O)c(C)c3cc2c1C. The number of nitrogens with one attached hydrogen (secondary N) is 2. The van der Waals surface area contributed by atoms with E-state index in [-0.39, 0.29) is 25.0 Å². The van der Waals surface area contributed by atoms with Gasteiger partial charge in [-0.2, -0.15) is 0 Å². The van der Waals surface area contributed by atoms with Crippen molar-refractivity contribution in [3.05, 3.63) is 74.5 Å². The highest BCUT2D eigenvalue weighted by atomic mass is 16.4. The second-order valence-electron chi connectivity index (χ2n) is 9.74. The average Bonchev–Trinajstić information content (AvgIpc) is 3.39. The quantitative estimate of drug-likeness (QED) is 0.229. The fraction of sp³-hybridized carbons (Fsp3) is 0.276. The molecule has 1 amide bonds. The number of fused-ring (bicyclic) bond motifs is 3. The number of benzene rings is 2. The van der Waals surface area contributed by atoms with Gasteiger partial charge in [0.05, 0.1) is 0 Å². The third-order valence-corrected chi connectivity index (χ3v) is 7.35. The molecule has 5 aromatic rings. The van der Waals surface area contributed by atoms with Crippen LogP contribution < -0.4 is 10.9 Å². The number of amides is 1. The van der Waals surface area contributed by atoms with Crippen molar-refractivity contribution in [2.75, 3.05) is 0 Å². The van der Waals surface area contributed by atoms with Gasteiger partial charge in [-0.05, 0) is 75.1 Å². The molecule has 0 aliphatic carbocycles. The largest absolute Gasteiger partial charge is 0.508 e. The zero-order chi connectivity index (χ0) is 27.3. The molecule has 0 spiro atoms. The summed E-state index contributed by atoms with van der Waals surface area (Å²) >= 11 is 0. The fourth-order valence-corrected chi connectivity index (χ4v) is 5.04. The van der Waals surface area contributed by atoms with Gasteiger partial charge >= 0.3 is 11.6 Å². The average molecular weight is 517 g/mol. The molecule has 3 heterocycles. The zero-order valence-electron chi connectivity index (χ0n) is 21.5. The Morgan fingerprint density at radius 3 is 2.42 bits per heavy atom. The summed E-state index contributed by atoms with van der Waals surface area (Å²) in [6, 6.07) is 5.55. The van der Waals surface area contributed by atoms with Crippen LogP contribution in [0.2, 0.25) is 0 Å². The van der Waals surface area contributed by atoms with Crippen LogP contribution in [-0.4, -0.2) is 33.1 Å². The molecule has 9 heteroatoms. The number of aromatic amines is 1. The second-order valence-corrected chi connectivity index (χ2v) is 9.74. The van der Waals surface area contributed by atoms with Crippen molar-refractivity contribution >= 4 is 44.7 Å². The smallest absolute Gasteiger partial charge is 0.339 e. The first kappa shape index (κ1) is 25.1. The molecule has 0 aliphatic rings. The van der Waals surface area contributed by atoms with E-state index in [0.717, 1.165) is 38.7 Å². The summed E-state index contributed by atoms with van der Waals surface area (Å²) in [5.74, 6) is -0.813. The van der Waals surface area contributed by atoms with E-state index >= 15 is 0 Å². The summed E-state index contributed by atoms with van der Waals surface area (Å²) in [5, 5.41) is 24.5. The van der Waals surface area contributed by atoms with Gasteiger partial charge in [0.2, 0.25) is 5.91 Å². The molecular weight excluding hydrogens is 488 g/mol. The minimum absolute atomic E-state index is 0.0282. The van der Waals surface area contributed by atoms with Gasteiger partial charge in [0.15, 0.2) is 0 Å². The number of furan rings is 1. The number of H-pyrrole nitrogens is 1. The summed E-state index contributed by atoms with van der Waals surface area (Å²) in [5.41, 5.74) is 4.88. The molecule has 0 fully saturated rings. The minimum Gasteiger partial charge on any atom is -0.508 e. The van der Waals surface area contributed by atoms with Crippen molar-refractivity contribution in [2.24, 2.45) is 0 Å². The lowest BCUT2D eigenvalue weighted by molar-refractivity contribution is -0.141. The van der Waals surface area contributed by atoms with Gasteiger partial charge in [0, 0.05) is 51.8 Å². The van der Waals surface area contributed by atoms with Crippen LogP contribution in [0.25, 0.3) is 32.8 Å². The molecule has 196 valence electrons. The predicted molar refractivity (Wildman–Crippen MR) is 143 cm³/mol. The van der Waals surface area contributed by atoms with Crippen molar-refractivity contribution in [1.82, 2.24) is 10.3 Å². The highest BCUT2D eigenvalue weighted by Crippen LogP contribution is 2.34. The van der Waals surface area contributed by atoms with E-state index in [1.165, 1.54) is 6.07 Å². The Labute approximate surface area is 217 Å². The molecule has 0 radical (unpaired) electrons. The van der Waals surface area contributed by atoms with Crippen LogP contribution in [0.3, 0.4) is 0 Å². The number of carbonyl (C=O) groups is 2. The maximum absolute atomic E-state index is 12.9. The van der Waals surface area contributed by atoms with Crippen LogP contribution in [0.5, 0.6) is 5.75 Å². The summed E-state index contributed by atoms with van der Waals surface area (Å²) in [7, 11) is 0. The van der Waals surface area contributed by atoms with E-state index in [9.17, 15) is 24.6 Å². The Morgan fingerprint density at radius 2 is 1.68 bits per heavy atom. The molecule has 0 bridgehead atoms. The molecule has 1 atom stereocenters. The van der Waals surface area contributed by atoms with Gasteiger partial charge < -0.3 is 29.3 Å². The van der Waals surface area contributed by atoms with Crippen LogP contribution in [-0.2, 0) is 22.4 Å². The highest BCUT2D eigenvalue weighted by Gasteiger charge is 2.23. The molecule has 38 heavy (non-hydrogen) atoms. The maximum Gasteiger partial charge on any atom is 0.339 e. The minimum atomic E-state index is -1.18. The van der Waals surface area contributed by atoms with E-state index in [4.69, 9.17) is 8.83 Å². The molecule has 2 aromatic carbocycles. The zero-order valence-corrected chi connectivity index (χ0v) is 21.5. The Kier molecular flexibility index (Phi) is 6.22. The Balaban J connectivity index is 1.37. The van der Waals surface area contributed by atoms with Crippen LogP contribution in [0.1, 0.15) is 40.0 Å². The summed E-state index contributed by atoms with van der Waals surface area (Å²) < 4.78 is 11.5. The van der Waals surface area contributed by atoms with Crippen LogP contribution in [0.4, 0.5) is 0 Å². The number of rotatable bonds is 7. The lowest BCUT2D eigenvalue weighted by Gasteiger charge is -2.15. The van der Waals surface area contributed by atoms with Gasteiger partial charge in [0.25, 0.3) is 0 Å². The standard InChI is InChI=1S/C29H28N2O7/c1-13-16(4)37-26-15(3)27-21(11-20(13)26)14(2)19(29(36)38-27)6-8-25(33)31-24(28(34)35)9-17-12-30-23-7-5-18(32)10-22(17)23/h5,7,10-12,24,30,32H,6,8-9H2,1-4H3,(H,31,33)(H,34,35). The van der Waals surface area contributed by atoms with E-state index in [2.05, 4.69) is 10.3 Å². The number of aryl methyl sites for hydroxylation is 4. The van der Waals surface area contributed by atoms with Gasteiger partial charge in [0.1, 0.15) is 28.7 Å². The number of phenolic OH excluding ortho intramolecular Hbond substituents is 1. The molecule has 5 rings (SSSR count). The van der Waals surface area contributed by atoms with Gasteiger partial charge in [-0.1, -0.05) is 0 Å². The Morgan fingerprint density at radius 1 is 0.974 bits per heavy atom. The number of phenols is 1. The van der Waals surface area contributed by atoms with E-state index in [1.807, 2.05) is 33.8 Å². The van der Waals surface area contributed by atoms with E-state index < -0.39 is 23.5 Å². The van der Waals surface area contributed by atoms with Crippen LogP contribution >= 0.6 is 0 Å². The summed E-state index contributed by atoms with van der Waals surface area (Å²) in [6.45, 7) is 7.54. The summed E-state index contributed by atoms with van der Waals surface area (Å²) in [4.78, 5) is 40.6. The van der Waals surface area contributed by atoms with E-state index in [0.29, 0.717) is 27.7 Å². The van der Waals surface area contributed by atoms with Crippen molar-refractivity contribution in [2.45, 2.75) is 53.0 Å². The topological polar surface area (TPSA) is 146 Å². The first-order valence-corrected chi connectivity index (χ1v) is 12.3.